The number of pyridine rings is 1. The van der Waals surface area contributed by atoms with Gasteiger partial charge in [0.2, 0.25) is 5.91 Å². The Bertz CT molecular complexity index is 837. The Morgan fingerprint density at radius 2 is 2.04 bits per heavy atom. The molecule has 1 amide bonds. The van der Waals surface area contributed by atoms with E-state index < -0.39 is 5.91 Å². The van der Waals surface area contributed by atoms with E-state index in [1.165, 1.54) is 11.8 Å². The van der Waals surface area contributed by atoms with Gasteiger partial charge in [-0.05, 0) is 24.3 Å². The maximum Gasteiger partial charge on any atom is 0.227 e. The SMILES string of the molecule is NC(=O)CSc1nnc(-c2cccnc2)n1-c1ccccc1Cl. The molecule has 0 fully saturated rings. The summed E-state index contributed by atoms with van der Waals surface area (Å²) in [6.45, 7) is 0. The Morgan fingerprint density at radius 3 is 2.74 bits per heavy atom. The first-order valence-electron chi connectivity index (χ1n) is 6.68. The summed E-state index contributed by atoms with van der Waals surface area (Å²) in [6, 6.07) is 11.1. The largest absolute Gasteiger partial charge is 0.369 e. The summed E-state index contributed by atoms with van der Waals surface area (Å²) >= 11 is 7.53. The molecule has 0 atom stereocenters. The number of benzene rings is 1. The van der Waals surface area contributed by atoms with Gasteiger partial charge in [-0.15, -0.1) is 10.2 Å². The molecule has 2 aromatic heterocycles. The number of nitrogens with zero attached hydrogens (tertiary/aromatic N) is 4. The molecule has 0 unspecified atom stereocenters. The molecule has 8 heteroatoms. The Labute approximate surface area is 141 Å². The summed E-state index contributed by atoms with van der Waals surface area (Å²) in [7, 11) is 0. The average molecular weight is 346 g/mol. The maximum atomic E-state index is 11.1. The molecule has 3 aromatic rings. The fourth-order valence-electron chi connectivity index (χ4n) is 2.03. The number of amides is 1. The lowest BCUT2D eigenvalue weighted by Crippen LogP contribution is -2.13. The first-order chi connectivity index (χ1) is 11.2. The molecule has 2 N–H and O–H groups in total. The molecule has 0 radical (unpaired) electrons. The van der Waals surface area contributed by atoms with E-state index in [0.29, 0.717) is 16.0 Å². The molecule has 0 saturated heterocycles. The molecular weight excluding hydrogens is 334 g/mol. The second kappa shape index (κ2) is 6.80. The second-order valence-corrected chi connectivity index (χ2v) is 5.94. The van der Waals surface area contributed by atoms with Crippen molar-refractivity contribution in [3.63, 3.8) is 0 Å². The summed E-state index contributed by atoms with van der Waals surface area (Å²) in [6.07, 6.45) is 3.38. The lowest BCUT2D eigenvalue weighted by atomic mass is 10.2. The highest BCUT2D eigenvalue weighted by Crippen LogP contribution is 2.30. The average Bonchev–Trinajstić information content (AvgIpc) is 2.98. The van der Waals surface area contributed by atoms with E-state index in [9.17, 15) is 4.79 Å². The van der Waals surface area contributed by atoms with Crippen LogP contribution in [0.3, 0.4) is 0 Å². The minimum Gasteiger partial charge on any atom is -0.369 e. The number of primary amides is 1. The molecule has 6 nitrogen and oxygen atoms in total. The number of hydrogen-bond acceptors (Lipinski definition) is 5. The Balaban J connectivity index is 2.14. The van der Waals surface area contributed by atoms with Gasteiger partial charge in [0.15, 0.2) is 11.0 Å². The van der Waals surface area contributed by atoms with Gasteiger partial charge in [0.05, 0.1) is 16.5 Å². The van der Waals surface area contributed by atoms with Gasteiger partial charge in [-0.25, -0.2) is 0 Å². The van der Waals surface area contributed by atoms with Gasteiger partial charge in [-0.3, -0.25) is 14.3 Å². The van der Waals surface area contributed by atoms with Gasteiger partial charge in [0.25, 0.3) is 0 Å². The normalized spacial score (nSPS) is 10.7. The van der Waals surface area contributed by atoms with E-state index in [1.807, 2.05) is 30.3 Å². The first kappa shape index (κ1) is 15.5. The smallest absolute Gasteiger partial charge is 0.227 e. The zero-order chi connectivity index (χ0) is 16.2. The predicted molar refractivity (Wildman–Crippen MR) is 89.5 cm³/mol. The highest BCUT2D eigenvalue weighted by Gasteiger charge is 2.18. The van der Waals surface area contributed by atoms with Crippen LogP contribution >= 0.6 is 23.4 Å². The van der Waals surface area contributed by atoms with Crippen LogP contribution < -0.4 is 5.73 Å². The monoisotopic (exact) mass is 345 g/mol. The molecule has 0 spiro atoms. The quantitative estimate of drug-likeness (QED) is 0.718. The topological polar surface area (TPSA) is 86.7 Å². The third-order valence-corrected chi connectivity index (χ3v) is 4.26. The molecule has 0 aliphatic heterocycles. The molecule has 23 heavy (non-hydrogen) atoms. The van der Waals surface area contributed by atoms with Crippen molar-refractivity contribution in [2.75, 3.05) is 5.75 Å². The third kappa shape index (κ3) is 3.35. The number of halogens is 1. The Morgan fingerprint density at radius 1 is 1.22 bits per heavy atom. The van der Waals surface area contributed by atoms with Gasteiger partial charge < -0.3 is 5.73 Å². The zero-order valence-electron chi connectivity index (χ0n) is 11.9. The van der Waals surface area contributed by atoms with Crippen LogP contribution in [0.2, 0.25) is 5.02 Å². The molecule has 0 bridgehead atoms. The van der Waals surface area contributed by atoms with Crippen LogP contribution in [0.5, 0.6) is 0 Å². The summed E-state index contributed by atoms with van der Waals surface area (Å²) in [4.78, 5) is 15.2. The minimum absolute atomic E-state index is 0.107. The van der Waals surface area contributed by atoms with Crippen molar-refractivity contribution in [3.8, 4) is 17.1 Å². The van der Waals surface area contributed by atoms with E-state index in [1.54, 1.807) is 23.0 Å². The van der Waals surface area contributed by atoms with Crippen LogP contribution in [0.1, 0.15) is 0 Å². The zero-order valence-corrected chi connectivity index (χ0v) is 13.5. The highest BCUT2D eigenvalue weighted by molar-refractivity contribution is 7.99. The minimum atomic E-state index is -0.424. The Kier molecular flexibility index (Phi) is 4.59. The number of carbonyl (C=O) groups excluding carboxylic acids is 1. The van der Waals surface area contributed by atoms with Gasteiger partial charge in [-0.2, -0.15) is 0 Å². The standard InChI is InChI=1S/C15H12ClN5OS/c16-11-5-1-2-6-12(11)21-14(10-4-3-7-18-8-10)19-20-15(21)23-9-13(17)22/h1-8H,9H2,(H2,17,22). The second-order valence-electron chi connectivity index (χ2n) is 4.59. The van der Waals surface area contributed by atoms with Crippen molar-refractivity contribution < 1.29 is 4.79 Å². The summed E-state index contributed by atoms with van der Waals surface area (Å²) < 4.78 is 1.80. The first-order valence-corrected chi connectivity index (χ1v) is 8.05. The third-order valence-electron chi connectivity index (χ3n) is 2.99. The summed E-state index contributed by atoms with van der Waals surface area (Å²) in [5.74, 6) is 0.278. The lowest BCUT2D eigenvalue weighted by molar-refractivity contribution is -0.115. The van der Waals surface area contributed by atoms with E-state index >= 15 is 0 Å². The number of rotatable bonds is 5. The van der Waals surface area contributed by atoms with Crippen LogP contribution in [0.4, 0.5) is 0 Å². The van der Waals surface area contributed by atoms with E-state index in [0.717, 1.165) is 11.3 Å². The number of nitrogens with two attached hydrogens (primary N) is 1. The number of thioether (sulfide) groups is 1. The predicted octanol–water partition coefficient (Wildman–Crippen LogP) is 2.56. The van der Waals surface area contributed by atoms with Crippen LogP contribution in [-0.4, -0.2) is 31.4 Å². The van der Waals surface area contributed by atoms with Crippen molar-refractivity contribution in [2.24, 2.45) is 5.73 Å². The summed E-state index contributed by atoms with van der Waals surface area (Å²) in [5.41, 5.74) is 6.75. The molecule has 2 heterocycles. The molecular formula is C15H12ClN5OS. The molecule has 0 aliphatic rings. The van der Waals surface area contributed by atoms with Gasteiger partial charge in [0, 0.05) is 18.0 Å². The highest BCUT2D eigenvalue weighted by atomic mass is 35.5. The van der Waals surface area contributed by atoms with Crippen LogP contribution in [0.15, 0.2) is 53.9 Å². The molecule has 0 saturated carbocycles. The van der Waals surface area contributed by atoms with Gasteiger partial charge in [-0.1, -0.05) is 35.5 Å². The van der Waals surface area contributed by atoms with Crippen LogP contribution in [0, 0.1) is 0 Å². The maximum absolute atomic E-state index is 11.1. The van der Waals surface area contributed by atoms with Gasteiger partial charge in [0.1, 0.15) is 0 Å². The van der Waals surface area contributed by atoms with Gasteiger partial charge >= 0.3 is 0 Å². The lowest BCUT2D eigenvalue weighted by Gasteiger charge is -2.11. The van der Waals surface area contributed by atoms with Crippen LogP contribution in [0.25, 0.3) is 17.1 Å². The molecule has 1 aromatic carbocycles. The Hall–Kier alpha value is -2.38. The van der Waals surface area contributed by atoms with Crippen molar-refractivity contribution >= 4 is 29.3 Å². The number of hydrogen-bond donors (Lipinski definition) is 1. The van der Waals surface area contributed by atoms with Crippen molar-refractivity contribution in [1.82, 2.24) is 19.7 Å². The van der Waals surface area contributed by atoms with Crippen molar-refractivity contribution in [3.05, 3.63) is 53.8 Å². The number of para-hydroxylation sites is 1. The van der Waals surface area contributed by atoms with Crippen LogP contribution in [-0.2, 0) is 4.79 Å². The fourth-order valence-corrected chi connectivity index (χ4v) is 2.94. The van der Waals surface area contributed by atoms with E-state index in [-0.39, 0.29) is 5.75 Å². The molecule has 0 aliphatic carbocycles. The summed E-state index contributed by atoms with van der Waals surface area (Å²) in [5, 5.41) is 9.48. The van der Waals surface area contributed by atoms with Crippen molar-refractivity contribution in [1.29, 1.82) is 0 Å². The van der Waals surface area contributed by atoms with E-state index in [4.69, 9.17) is 17.3 Å². The van der Waals surface area contributed by atoms with E-state index in [2.05, 4.69) is 15.2 Å². The molecule has 116 valence electrons. The number of aromatic nitrogens is 4. The number of carbonyl (C=O) groups is 1. The fraction of sp³-hybridized carbons (Fsp3) is 0.0667. The molecule has 3 rings (SSSR count). The van der Waals surface area contributed by atoms with Crippen molar-refractivity contribution in [2.45, 2.75) is 5.16 Å².